The van der Waals surface area contributed by atoms with Crippen molar-refractivity contribution >= 4 is 11.3 Å². The highest BCUT2D eigenvalue weighted by molar-refractivity contribution is 7.07. The molecule has 1 rings (SSSR count). The normalized spacial score (nSPS) is 13.3. The van der Waals surface area contributed by atoms with E-state index in [1.54, 1.807) is 18.4 Å². The lowest BCUT2D eigenvalue weighted by Gasteiger charge is -2.12. The Morgan fingerprint density at radius 3 is 2.91 bits per heavy atom. The first kappa shape index (κ1) is 8.71. The molecule has 0 aromatic carbocycles. The van der Waals surface area contributed by atoms with Crippen molar-refractivity contribution in [2.75, 3.05) is 13.7 Å². The Morgan fingerprint density at radius 2 is 2.45 bits per heavy atom. The monoisotopic (exact) mass is 172 g/mol. The molecule has 0 spiro atoms. The van der Waals surface area contributed by atoms with Gasteiger partial charge < -0.3 is 9.47 Å². The van der Waals surface area contributed by atoms with Gasteiger partial charge in [0.1, 0.15) is 0 Å². The maximum absolute atomic E-state index is 5.32. The number of rotatable bonds is 4. The molecule has 3 heteroatoms. The van der Waals surface area contributed by atoms with Gasteiger partial charge in [-0.25, -0.2) is 0 Å². The van der Waals surface area contributed by atoms with E-state index in [-0.39, 0.29) is 6.29 Å². The molecule has 0 bridgehead atoms. The van der Waals surface area contributed by atoms with Crippen LogP contribution < -0.4 is 0 Å². The van der Waals surface area contributed by atoms with Crippen molar-refractivity contribution in [2.24, 2.45) is 0 Å². The van der Waals surface area contributed by atoms with Gasteiger partial charge in [-0.15, -0.1) is 0 Å². The summed E-state index contributed by atoms with van der Waals surface area (Å²) in [6, 6.07) is 2.01. The number of methoxy groups -OCH3 is 1. The molecule has 0 fully saturated rings. The van der Waals surface area contributed by atoms with E-state index in [2.05, 4.69) is 0 Å². The molecular formula is C8H12O2S. The van der Waals surface area contributed by atoms with Crippen LogP contribution in [-0.4, -0.2) is 13.7 Å². The summed E-state index contributed by atoms with van der Waals surface area (Å²) in [4.78, 5) is 0. The molecular weight excluding hydrogens is 160 g/mol. The molecule has 0 saturated heterocycles. The van der Waals surface area contributed by atoms with Gasteiger partial charge in [-0.1, -0.05) is 0 Å². The SMILES string of the molecule is CCOC(OC)c1ccsc1. The summed E-state index contributed by atoms with van der Waals surface area (Å²) in [6.07, 6.45) is -0.189. The molecule has 0 aliphatic carbocycles. The molecule has 2 nitrogen and oxygen atoms in total. The second kappa shape index (κ2) is 4.49. The topological polar surface area (TPSA) is 18.5 Å². The third-order valence-corrected chi connectivity index (χ3v) is 2.05. The second-order valence-electron chi connectivity index (χ2n) is 2.08. The second-order valence-corrected chi connectivity index (χ2v) is 2.86. The van der Waals surface area contributed by atoms with Crippen LogP contribution >= 0.6 is 11.3 Å². The van der Waals surface area contributed by atoms with Gasteiger partial charge in [0.2, 0.25) is 0 Å². The van der Waals surface area contributed by atoms with E-state index in [1.807, 2.05) is 23.8 Å². The van der Waals surface area contributed by atoms with Crippen molar-refractivity contribution < 1.29 is 9.47 Å². The molecule has 0 aliphatic rings. The summed E-state index contributed by atoms with van der Waals surface area (Å²) >= 11 is 1.65. The van der Waals surface area contributed by atoms with Crippen molar-refractivity contribution in [3.63, 3.8) is 0 Å². The number of ether oxygens (including phenoxy) is 2. The van der Waals surface area contributed by atoms with Crippen LogP contribution in [0.5, 0.6) is 0 Å². The van der Waals surface area contributed by atoms with Gasteiger partial charge >= 0.3 is 0 Å². The van der Waals surface area contributed by atoms with Crippen molar-refractivity contribution in [3.8, 4) is 0 Å². The van der Waals surface area contributed by atoms with Crippen LogP contribution in [0, 0.1) is 0 Å². The predicted molar refractivity (Wildman–Crippen MR) is 45.7 cm³/mol. The van der Waals surface area contributed by atoms with E-state index in [9.17, 15) is 0 Å². The Balaban J connectivity index is 2.56. The highest BCUT2D eigenvalue weighted by Gasteiger charge is 2.08. The number of thiophene rings is 1. The maximum atomic E-state index is 5.32. The lowest BCUT2D eigenvalue weighted by molar-refractivity contribution is -0.123. The van der Waals surface area contributed by atoms with Gasteiger partial charge in [-0.05, 0) is 23.8 Å². The highest BCUT2D eigenvalue weighted by atomic mass is 32.1. The maximum Gasteiger partial charge on any atom is 0.184 e. The third kappa shape index (κ3) is 2.29. The Bertz CT molecular complexity index is 184. The number of hydrogen-bond acceptors (Lipinski definition) is 3. The van der Waals surface area contributed by atoms with Crippen LogP contribution in [0.2, 0.25) is 0 Å². The van der Waals surface area contributed by atoms with Crippen LogP contribution in [0.15, 0.2) is 16.8 Å². The van der Waals surface area contributed by atoms with Crippen LogP contribution in [0.4, 0.5) is 0 Å². The van der Waals surface area contributed by atoms with Crippen molar-refractivity contribution in [1.82, 2.24) is 0 Å². The average Bonchev–Trinajstić information content (AvgIpc) is 2.52. The summed E-state index contributed by atoms with van der Waals surface area (Å²) in [7, 11) is 1.65. The zero-order valence-corrected chi connectivity index (χ0v) is 7.56. The minimum absolute atomic E-state index is 0.189. The molecule has 11 heavy (non-hydrogen) atoms. The van der Waals surface area contributed by atoms with E-state index in [1.165, 1.54) is 0 Å². The van der Waals surface area contributed by atoms with Crippen molar-refractivity contribution in [2.45, 2.75) is 13.2 Å². The molecule has 62 valence electrons. The zero-order valence-electron chi connectivity index (χ0n) is 6.74. The largest absolute Gasteiger partial charge is 0.352 e. The minimum Gasteiger partial charge on any atom is -0.352 e. The van der Waals surface area contributed by atoms with Gasteiger partial charge in [-0.2, -0.15) is 11.3 Å². The standard InChI is InChI=1S/C8H12O2S/c1-3-10-8(9-2)7-4-5-11-6-7/h4-6,8H,3H2,1-2H3. The Labute approximate surface area is 70.8 Å². The van der Waals surface area contributed by atoms with Crippen molar-refractivity contribution in [3.05, 3.63) is 22.4 Å². The Morgan fingerprint density at radius 1 is 1.64 bits per heavy atom. The molecule has 1 aromatic rings. The molecule has 0 aliphatic heterocycles. The smallest absolute Gasteiger partial charge is 0.184 e. The fraction of sp³-hybridized carbons (Fsp3) is 0.500. The van der Waals surface area contributed by atoms with Crippen LogP contribution in [-0.2, 0) is 9.47 Å². The fourth-order valence-electron chi connectivity index (χ4n) is 0.861. The van der Waals surface area contributed by atoms with E-state index < -0.39 is 0 Å². The summed E-state index contributed by atoms with van der Waals surface area (Å²) < 4.78 is 10.4. The highest BCUT2D eigenvalue weighted by Crippen LogP contribution is 2.19. The van der Waals surface area contributed by atoms with Gasteiger partial charge in [0.15, 0.2) is 6.29 Å². The van der Waals surface area contributed by atoms with Gasteiger partial charge in [0.25, 0.3) is 0 Å². The average molecular weight is 172 g/mol. The molecule has 1 heterocycles. The molecule has 0 N–H and O–H groups in total. The van der Waals surface area contributed by atoms with E-state index in [0.717, 1.165) is 5.56 Å². The van der Waals surface area contributed by atoms with E-state index in [4.69, 9.17) is 9.47 Å². The molecule has 0 saturated carbocycles. The zero-order chi connectivity index (χ0) is 8.10. The summed E-state index contributed by atoms with van der Waals surface area (Å²) in [5.41, 5.74) is 1.10. The quantitative estimate of drug-likeness (QED) is 0.649. The van der Waals surface area contributed by atoms with Crippen LogP contribution in [0.1, 0.15) is 18.8 Å². The third-order valence-electron chi connectivity index (χ3n) is 1.35. The van der Waals surface area contributed by atoms with Crippen molar-refractivity contribution in [1.29, 1.82) is 0 Å². The Hall–Kier alpha value is -0.380. The summed E-state index contributed by atoms with van der Waals surface area (Å²) in [5.74, 6) is 0. The van der Waals surface area contributed by atoms with Gasteiger partial charge in [-0.3, -0.25) is 0 Å². The van der Waals surface area contributed by atoms with E-state index in [0.29, 0.717) is 6.61 Å². The first-order valence-electron chi connectivity index (χ1n) is 3.55. The Kier molecular flexibility index (Phi) is 3.56. The minimum atomic E-state index is -0.189. The molecule has 1 atom stereocenters. The summed E-state index contributed by atoms with van der Waals surface area (Å²) in [5, 5.41) is 4.05. The lowest BCUT2D eigenvalue weighted by atomic mass is 10.3. The van der Waals surface area contributed by atoms with Crippen LogP contribution in [0.25, 0.3) is 0 Å². The predicted octanol–water partition coefficient (Wildman–Crippen LogP) is 2.43. The molecule has 1 unspecified atom stereocenters. The van der Waals surface area contributed by atoms with Crippen LogP contribution in [0.3, 0.4) is 0 Å². The van der Waals surface area contributed by atoms with Gasteiger partial charge in [0.05, 0.1) is 0 Å². The van der Waals surface area contributed by atoms with E-state index >= 15 is 0 Å². The summed E-state index contributed by atoms with van der Waals surface area (Å²) in [6.45, 7) is 2.63. The first-order valence-corrected chi connectivity index (χ1v) is 4.49. The number of hydrogen-bond donors (Lipinski definition) is 0. The molecule has 0 amide bonds. The molecule has 1 aromatic heterocycles. The molecule has 0 radical (unpaired) electrons. The lowest BCUT2D eigenvalue weighted by Crippen LogP contribution is -2.04. The van der Waals surface area contributed by atoms with Gasteiger partial charge in [0, 0.05) is 19.3 Å². The first-order chi connectivity index (χ1) is 5.38. The fourth-order valence-corrected chi connectivity index (χ4v) is 1.52.